The van der Waals surface area contributed by atoms with E-state index >= 15 is 0 Å². The van der Waals surface area contributed by atoms with Crippen LogP contribution in [0.3, 0.4) is 0 Å². The van der Waals surface area contributed by atoms with Crippen LogP contribution in [0.1, 0.15) is 25.5 Å². The van der Waals surface area contributed by atoms with Crippen LogP contribution in [0.25, 0.3) is 0 Å². The van der Waals surface area contributed by atoms with Gasteiger partial charge in [0, 0.05) is 45.3 Å². The van der Waals surface area contributed by atoms with Crippen LogP contribution in [0, 0.1) is 0 Å². The molecule has 1 atom stereocenters. The number of esters is 1. The van der Waals surface area contributed by atoms with Crippen molar-refractivity contribution in [2.24, 2.45) is 0 Å². The largest absolute Gasteiger partial charge is 0.463 e. The fourth-order valence-corrected chi connectivity index (χ4v) is 3.53. The molecule has 3 amide bonds. The third-order valence-electron chi connectivity index (χ3n) is 4.98. The lowest BCUT2D eigenvalue weighted by Crippen LogP contribution is -2.52. The molecule has 3 rings (SSSR count). The number of rotatable bonds is 5. The molecule has 1 saturated heterocycles. The van der Waals surface area contributed by atoms with Gasteiger partial charge in [-0.2, -0.15) is 0 Å². The topological polar surface area (TPSA) is 91.0 Å². The van der Waals surface area contributed by atoms with Gasteiger partial charge in [-0.3, -0.25) is 9.69 Å². The summed E-state index contributed by atoms with van der Waals surface area (Å²) in [5.74, 6) is -0.383. The van der Waals surface area contributed by atoms with Crippen molar-refractivity contribution in [3.05, 3.63) is 47.2 Å². The summed E-state index contributed by atoms with van der Waals surface area (Å²) in [7, 11) is 0. The van der Waals surface area contributed by atoms with Gasteiger partial charge in [0.2, 0.25) is 5.91 Å². The van der Waals surface area contributed by atoms with Gasteiger partial charge >= 0.3 is 12.0 Å². The Hall–Kier alpha value is -2.87. The van der Waals surface area contributed by atoms with Gasteiger partial charge in [-0.05, 0) is 12.5 Å². The summed E-state index contributed by atoms with van der Waals surface area (Å²) in [4.78, 5) is 40.5. The molecule has 2 N–H and O–H groups in total. The van der Waals surface area contributed by atoms with Crippen molar-refractivity contribution in [2.45, 2.75) is 19.9 Å². The summed E-state index contributed by atoms with van der Waals surface area (Å²) in [6, 6.07) is 8.45. The molecule has 0 bridgehead atoms. The van der Waals surface area contributed by atoms with Gasteiger partial charge in [0.25, 0.3) is 0 Å². The minimum atomic E-state index is -0.567. The van der Waals surface area contributed by atoms with Crippen LogP contribution in [0.5, 0.6) is 0 Å². The van der Waals surface area contributed by atoms with Crippen LogP contribution in [-0.2, 0) is 14.3 Å². The summed E-state index contributed by atoms with van der Waals surface area (Å²) >= 11 is 0. The number of carbonyl (C=O) groups excluding carboxylic acids is 3. The summed E-state index contributed by atoms with van der Waals surface area (Å²) in [5.41, 5.74) is 1.79. The van der Waals surface area contributed by atoms with Crippen molar-refractivity contribution >= 4 is 17.9 Å². The normalized spacial score (nSPS) is 20.4. The van der Waals surface area contributed by atoms with E-state index in [1.54, 1.807) is 18.7 Å². The number of amides is 3. The van der Waals surface area contributed by atoms with Crippen molar-refractivity contribution in [3.8, 4) is 0 Å². The highest BCUT2D eigenvalue weighted by Gasteiger charge is 2.34. The van der Waals surface area contributed by atoms with E-state index in [0.717, 1.165) is 5.56 Å². The summed E-state index contributed by atoms with van der Waals surface area (Å²) in [6.45, 7) is 6.60. The number of hydrogen-bond donors (Lipinski definition) is 2. The van der Waals surface area contributed by atoms with E-state index in [-0.39, 0.29) is 18.5 Å². The second kappa shape index (κ2) is 8.88. The van der Waals surface area contributed by atoms with Crippen molar-refractivity contribution in [1.29, 1.82) is 0 Å². The van der Waals surface area contributed by atoms with Crippen LogP contribution in [0.15, 0.2) is 41.6 Å². The molecule has 1 aromatic rings. The Balaban J connectivity index is 1.87. The van der Waals surface area contributed by atoms with E-state index in [4.69, 9.17) is 4.74 Å². The highest BCUT2D eigenvalue weighted by Crippen LogP contribution is 2.28. The maximum atomic E-state index is 12.7. The van der Waals surface area contributed by atoms with Crippen molar-refractivity contribution < 1.29 is 19.1 Å². The first-order chi connectivity index (χ1) is 13.5. The molecular weight excluding hydrogens is 360 g/mol. The van der Waals surface area contributed by atoms with E-state index in [2.05, 4.69) is 15.5 Å². The molecule has 1 fully saturated rings. The highest BCUT2D eigenvalue weighted by atomic mass is 16.5. The number of nitrogens with one attached hydrogen (secondary N) is 2. The minimum absolute atomic E-state index is 0.0605. The number of carbonyl (C=O) groups is 3. The quantitative estimate of drug-likeness (QED) is 0.738. The molecule has 0 aromatic heterocycles. The SMILES string of the molecule is CCOC(=O)C1=C(CN2CCN(C(C)=O)CC2)NC(=O)NC1c1ccccc1. The van der Waals surface area contributed by atoms with Gasteiger partial charge in [-0.25, -0.2) is 9.59 Å². The zero-order valence-electron chi connectivity index (χ0n) is 16.2. The lowest BCUT2D eigenvalue weighted by atomic mass is 9.95. The fraction of sp³-hybridized carbons (Fsp3) is 0.450. The fourth-order valence-electron chi connectivity index (χ4n) is 3.53. The predicted octanol–water partition coefficient (Wildman–Crippen LogP) is 1.02. The van der Waals surface area contributed by atoms with E-state index in [1.165, 1.54) is 0 Å². The Bertz CT molecular complexity index is 770. The number of benzene rings is 1. The zero-order chi connectivity index (χ0) is 20.1. The Morgan fingerprint density at radius 2 is 1.82 bits per heavy atom. The van der Waals surface area contributed by atoms with Crippen LogP contribution in [-0.4, -0.2) is 67.0 Å². The van der Waals surface area contributed by atoms with Gasteiger partial charge in [0.15, 0.2) is 0 Å². The smallest absolute Gasteiger partial charge is 0.338 e. The predicted molar refractivity (Wildman–Crippen MR) is 103 cm³/mol. The second-order valence-electron chi connectivity index (χ2n) is 6.84. The average Bonchev–Trinajstić information content (AvgIpc) is 2.68. The highest BCUT2D eigenvalue weighted by molar-refractivity contribution is 5.95. The maximum absolute atomic E-state index is 12.7. The molecule has 0 aliphatic carbocycles. The van der Waals surface area contributed by atoms with Crippen molar-refractivity contribution in [1.82, 2.24) is 20.4 Å². The Morgan fingerprint density at radius 1 is 1.14 bits per heavy atom. The molecule has 2 aliphatic rings. The number of hydrogen-bond acceptors (Lipinski definition) is 5. The summed E-state index contributed by atoms with van der Waals surface area (Å²) in [5, 5.41) is 5.62. The number of piperazine rings is 1. The summed E-state index contributed by atoms with van der Waals surface area (Å²) < 4.78 is 5.28. The van der Waals surface area contributed by atoms with Crippen LogP contribution in [0.4, 0.5) is 4.79 Å². The van der Waals surface area contributed by atoms with Crippen LogP contribution < -0.4 is 10.6 Å². The molecule has 0 spiro atoms. The van der Waals surface area contributed by atoms with Crippen molar-refractivity contribution in [2.75, 3.05) is 39.3 Å². The second-order valence-corrected chi connectivity index (χ2v) is 6.84. The first kappa shape index (κ1) is 19.9. The molecule has 1 aromatic carbocycles. The monoisotopic (exact) mass is 386 g/mol. The molecule has 2 heterocycles. The average molecular weight is 386 g/mol. The molecule has 8 heteroatoms. The molecule has 28 heavy (non-hydrogen) atoms. The number of nitrogens with zero attached hydrogens (tertiary/aromatic N) is 2. The molecule has 1 unspecified atom stereocenters. The van der Waals surface area contributed by atoms with Crippen LogP contribution >= 0.6 is 0 Å². The minimum Gasteiger partial charge on any atom is -0.463 e. The Morgan fingerprint density at radius 3 is 2.43 bits per heavy atom. The number of urea groups is 1. The van der Waals surface area contributed by atoms with E-state index in [1.807, 2.05) is 30.3 Å². The van der Waals surface area contributed by atoms with E-state index in [0.29, 0.717) is 44.0 Å². The third-order valence-corrected chi connectivity index (χ3v) is 4.98. The standard InChI is InChI=1S/C20H26N4O4/c1-3-28-19(26)17-16(13-23-9-11-24(12-10-23)14(2)25)21-20(27)22-18(17)15-7-5-4-6-8-15/h4-8,18H,3,9-13H2,1-2H3,(H2,21,22,27). The molecule has 0 saturated carbocycles. The Labute approximate surface area is 164 Å². The van der Waals surface area contributed by atoms with Gasteiger partial charge in [0.05, 0.1) is 18.2 Å². The zero-order valence-corrected chi connectivity index (χ0v) is 16.2. The van der Waals surface area contributed by atoms with E-state index < -0.39 is 12.0 Å². The lowest BCUT2D eigenvalue weighted by Gasteiger charge is -2.36. The van der Waals surface area contributed by atoms with E-state index in [9.17, 15) is 14.4 Å². The first-order valence-electron chi connectivity index (χ1n) is 9.50. The van der Waals surface area contributed by atoms with Gasteiger partial charge < -0.3 is 20.3 Å². The van der Waals surface area contributed by atoms with Gasteiger partial charge in [-0.1, -0.05) is 30.3 Å². The summed E-state index contributed by atoms with van der Waals surface area (Å²) in [6.07, 6.45) is 0. The number of ether oxygens (including phenoxy) is 1. The molecule has 150 valence electrons. The lowest BCUT2D eigenvalue weighted by molar-refractivity contribution is -0.139. The van der Waals surface area contributed by atoms with Gasteiger partial charge in [0.1, 0.15) is 0 Å². The molecule has 8 nitrogen and oxygen atoms in total. The molecule has 0 radical (unpaired) electrons. The Kier molecular flexibility index (Phi) is 6.30. The van der Waals surface area contributed by atoms with Crippen molar-refractivity contribution in [3.63, 3.8) is 0 Å². The van der Waals surface area contributed by atoms with Gasteiger partial charge in [-0.15, -0.1) is 0 Å². The molecular formula is C20H26N4O4. The third kappa shape index (κ3) is 4.51. The molecule has 2 aliphatic heterocycles. The first-order valence-corrected chi connectivity index (χ1v) is 9.50. The van der Waals surface area contributed by atoms with Crippen LogP contribution in [0.2, 0.25) is 0 Å². The maximum Gasteiger partial charge on any atom is 0.338 e.